The van der Waals surface area contributed by atoms with Gasteiger partial charge in [0, 0.05) is 5.02 Å². The molecule has 0 atom stereocenters. The van der Waals surface area contributed by atoms with Crippen LogP contribution in [0.4, 0.5) is 0 Å². The number of aryl methyl sites for hydroxylation is 1. The molecule has 4 heteroatoms. The van der Waals surface area contributed by atoms with Crippen LogP contribution in [0.25, 0.3) is 21.9 Å². The van der Waals surface area contributed by atoms with Crippen molar-refractivity contribution >= 4 is 35.3 Å². The summed E-state index contributed by atoms with van der Waals surface area (Å²) in [7, 11) is 1.80. The summed E-state index contributed by atoms with van der Waals surface area (Å²) in [5, 5.41) is 13.8. The highest BCUT2D eigenvalue weighted by Crippen LogP contribution is 2.47. The topological polar surface area (TPSA) is 29.5 Å². The molecule has 0 saturated heterocycles. The van der Waals surface area contributed by atoms with Gasteiger partial charge in [-0.2, -0.15) is 0 Å². The molecule has 1 radical (unpaired) electrons. The van der Waals surface area contributed by atoms with Gasteiger partial charge >= 0.3 is 7.48 Å². The number of benzene rings is 3. The van der Waals surface area contributed by atoms with E-state index in [-0.39, 0.29) is 0 Å². The molecule has 2 nitrogen and oxygen atoms in total. The Balaban J connectivity index is 1.86. The monoisotopic (exact) mass is 419 g/mol. The van der Waals surface area contributed by atoms with Crippen LogP contribution in [-0.2, 0) is 4.65 Å². The molecule has 1 aliphatic rings. The van der Waals surface area contributed by atoms with Crippen LogP contribution in [0.3, 0.4) is 0 Å². The molecule has 1 saturated carbocycles. The van der Waals surface area contributed by atoms with E-state index >= 15 is 0 Å². The molecule has 0 unspecified atom stereocenters. The first-order valence-corrected chi connectivity index (χ1v) is 11.0. The normalized spacial score (nSPS) is 14.9. The predicted molar refractivity (Wildman–Crippen MR) is 128 cm³/mol. The first-order chi connectivity index (χ1) is 14.1. The minimum Gasteiger partial charge on any atom is -0.427 e. The average Bonchev–Trinajstić information content (AvgIpc) is 3.50. The predicted octanol–water partition coefficient (Wildman–Crippen LogP) is 6.16. The quantitative estimate of drug-likeness (QED) is 0.485. The Kier molecular flexibility index (Phi) is 5.51. The van der Waals surface area contributed by atoms with E-state index in [9.17, 15) is 5.11 Å². The van der Waals surface area contributed by atoms with Crippen LogP contribution in [-0.4, -0.2) is 23.8 Å². The van der Waals surface area contributed by atoms with Crippen molar-refractivity contribution in [3.63, 3.8) is 0 Å². The van der Waals surface area contributed by atoms with Gasteiger partial charge in [-0.25, -0.2) is 0 Å². The van der Waals surface area contributed by atoms with E-state index in [0.29, 0.717) is 5.92 Å². The summed E-state index contributed by atoms with van der Waals surface area (Å²) in [4.78, 5) is 0. The highest BCUT2D eigenvalue weighted by Gasteiger charge is 2.37. The summed E-state index contributed by atoms with van der Waals surface area (Å²) in [6.45, 7) is 9.51. The number of fused-ring (bicyclic) bond motifs is 1. The van der Waals surface area contributed by atoms with Gasteiger partial charge in [-0.05, 0) is 104 Å². The second-order valence-electron chi connectivity index (χ2n) is 9.52. The van der Waals surface area contributed by atoms with Crippen LogP contribution < -0.4 is 5.46 Å². The smallest absolute Gasteiger partial charge is 0.331 e. The van der Waals surface area contributed by atoms with Crippen molar-refractivity contribution in [2.45, 2.75) is 64.6 Å². The van der Waals surface area contributed by atoms with Crippen molar-refractivity contribution in [3.05, 3.63) is 64.7 Å². The fourth-order valence-corrected chi connectivity index (χ4v) is 4.07. The summed E-state index contributed by atoms with van der Waals surface area (Å²) in [6, 6.07) is 16.9. The van der Waals surface area contributed by atoms with Crippen LogP contribution in [0, 0.1) is 6.92 Å². The zero-order valence-electron chi connectivity index (χ0n) is 18.4. The van der Waals surface area contributed by atoms with Gasteiger partial charge in [0.15, 0.2) is 0 Å². The van der Waals surface area contributed by atoms with Crippen LogP contribution >= 0.6 is 11.6 Å². The van der Waals surface area contributed by atoms with Gasteiger partial charge < -0.3 is 9.76 Å². The minimum atomic E-state index is -0.978. The van der Waals surface area contributed by atoms with E-state index in [4.69, 9.17) is 16.3 Å². The van der Waals surface area contributed by atoms with E-state index in [1.807, 2.05) is 26.0 Å². The van der Waals surface area contributed by atoms with Crippen molar-refractivity contribution in [3.8, 4) is 11.1 Å². The van der Waals surface area contributed by atoms with Gasteiger partial charge in [-0.1, -0.05) is 48.0 Å². The maximum Gasteiger partial charge on any atom is 0.331 e. The minimum absolute atomic E-state index is 0.494. The number of rotatable bonds is 6. The summed E-state index contributed by atoms with van der Waals surface area (Å²) < 4.78 is 6.15. The fourth-order valence-electron chi connectivity index (χ4n) is 3.76. The Hall–Kier alpha value is -1.81. The molecule has 4 rings (SSSR count). The molecule has 0 heterocycles. The Morgan fingerprint density at radius 3 is 2.23 bits per heavy atom. The first-order valence-electron chi connectivity index (χ1n) is 10.6. The maximum atomic E-state index is 10.5. The van der Waals surface area contributed by atoms with Gasteiger partial charge in [0.25, 0.3) is 0 Å². The Labute approximate surface area is 185 Å². The number of hydrogen-bond donors (Lipinski definition) is 1. The second-order valence-corrected chi connectivity index (χ2v) is 9.93. The van der Waals surface area contributed by atoms with Crippen LogP contribution in [0.15, 0.2) is 48.5 Å². The lowest BCUT2D eigenvalue weighted by Crippen LogP contribution is -2.49. The van der Waals surface area contributed by atoms with Crippen molar-refractivity contribution in [1.29, 1.82) is 0 Å². The van der Waals surface area contributed by atoms with Crippen molar-refractivity contribution in [1.82, 2.24) is 0 Å². The van der Waals surface area contributed by atoms with Gasteiger partial charge in [-0.3, -0.25) is 0 Å². The molecule has 0 aliphatic heterocycles. The van der Waals surface area contributed by atoms with Gasteiger partial charge in [-0.15, -0.1) is 0 Å². The number of aliphatic hydroxyl groups is 1. The molecule has 1 N–H and O–H groups in total. The van der Waals surface area contributed by atoms with E-state index in [1.54, 1.807) is 21.3 Å². The van der Waals surface area contributed by atoms with E-state index in [2.05, 4.69) is 43.3 Å². The van der Waals surface area contributed by atoms with Crippen molar-refractivity contribution in [2.24, 2.45) is 0 Å². The second kappa shape index (κ2) is 7.71. The average molecular weight is 420 g/mol. The molecule has 0 aromatic heterocycles. The highest BCUT2D eigenvalue weighted by atomic mass is 35.5. The van der Waals surface area contributed by atoms with Gasteiger partial charge in [0.2, 0.25) is 0 Å². The van der Waals surface area contributed by atoms with Crippen molar-refractivity contribution in [2.75, 3.05) is 0 Å². The van der Waals surface area contributed by atoms with Gasteiger partial charge in [0.1, 0.15) is 0 Å². The van der Waals surface area contributed by atoms with E-state index in [1.165, 1.54) is 40.3 Å². The molecule has 155 valence electrons. The Bertz CT molecular complexity index is 1090. The number of hydrogen-bond acceptors (Lipinski definition) is 2. The summed E-state index contributed by atoms with van der Waals surface area (Å²) >= 11 is 6.72. The molecule has 1 aliphatic carbocycles. The molecule has 0 amide bonds. The zero-order chi connectivity index (χ0) is 21.7. The van der Waals surface area contributed by atoms with Crippen molar-refractivity contribution < 1.29 is 9.76 Å². The van der Waals surface area contributed by atoms with Gasteiger partial charge in [0.05, 0.1) is 11.2 Å². The first kappa shape index (κ1) is 21.4. The molecular weight excluding hydrogens is 391 g/mol. The third-order valence-electron chi connectivity index (χ3n) is 6.53. The van der Waals surface area contributed by atoms with E-state index in [0.717, 1.165) is 16.0 Å². The number of halogens is 1. The molecule has 0 spiro atoms. The molecule has 3 aromatic rings. The molecule has 1 fully saturated rings. The lowest BCUT2D eigenvalue weighted by atomic mass is 9.75. The molecular formula is C26H29BClO2. The lowest BCUT2D eigenvalue weighted by molar-refractivity contribution is -0.0893. The zero-order valence-corrected chi connectivity index (χ0v) is 19.2. The molecule has 30 heavy (non-hydrogen) atoms. The molecule has 3 aromatic carbocycles. The standard InChI is InChI=1S/C26H29BClO2/c1-16-14-18-8-6-7-9-19(18)15-20(16)24-21(27-30-26(4,5)25(2,3)29)12-13-22(28)23(24)17-10-11-17/h6-9,12-15,17,29H,10-11H2,1-5H3. The van der Waals surface area contributed by atoms with Crippen LogP contribution in [0.2, 0.25) is 5.02 Å². The SMILES string of the molecule is Cc1cc2ccccc2cc1-c1c([B]OC(C)(C)C(C)(C)O)ccc(Cl)c1C1CC1. The fraction of sp³-hybridized carbons (Fsp3) is 0.385. The Morgan fingerprint density at radius 2 is 1.63 bits per heavy atom. The summed E-state index contributed by atoms with van der Waals surface area (Å²) in [6.07, 6.45) is 2.33. The largest absolute Gasteiger partial charge is 0.427 e. The molecule has 0 bridgehead atoms. The van der Waals surface area contributed by atoms with Crippen LogP contribution in [0.5, 0.6) is 0 Å². The maximum absolute atomic E-state index is 10.5. The van der Waals surface area contributed by atoms with E-state index < -0.39 is 11.2 Å². The highest BCUT2D eigenvalue weighted by molar-refractivity contribution is 6.50. The summed E-state index contributed by atoms with van der Waals surface area (Å²) in [5.41, 5.74) is 4.06. The Morgan fingerprint density at radius 1 is 1.00 bits per heavy atom. The summed E-state index contributed by atoms with van der Waals surface area (Å²) in [5.74, 6) is 0.494. The third-order valence-corrected chi connectivity index (χ3v) is 6.86. The lowest BCUT2D eigenvalue weighted by Gasteiger charge is -2.37. The van der Waals surface area contributed by atoms with Crippen LogP contribution in [0.1, 0.15) is 57.6 Å². The third kappa shape index (κ3) is 4.03.